The highest BCUT2D eigenvalue weighted by atomic mass is 19.4. The molecule has 1 saturated heterocycles. The average molecular weight is 411 g/mol. The fourth-order valence-electron chi connectivity index (χ4n) is 3.04. The third kappa shape index (κ3) is 4.20. The summed E-state index contributed by atoms with van der Waals surface area (Å²) in [6, 6.07) is 4.93. The van der Waals surface area contributed by atoms with Crippen LogP contribution in [0.2, 0.25) is 0 Å². The maximum Gasteiger partial charge on any atom is 0.416 e. The Labute approximate surface area is 162 Å². The summed E-state index contributed by atoms with van der Waals surface area (Å²) < 4.78 is 39.6. The topological polar surface area (TPSA) is 102 Å². The van der Waals surface area contributed by atoms with Gasteiger partial charge in [-0.1, -0.05) is 0 Å². The highest BCUT2D eigenvalue weighted by molar-refractivity contribution is 5.92. The predicted octanol–water partition coefficient (Wildman–Crippen LogP) is 1.67. The van der Waals surface area contributed by atoms with E-state index in [0.717, 1.165) is 16.8 Å². The number of alkyl halides is 3. The van der Waals surface area contributed by atoms with Crippen LogP contribution in [0.3, 0.4) is 0 Å². The number of nitrogens with zero attached hydrogens (tertiary/aromatic N) is 5. The number of nitro groups is 1. The zero-order valence-electron chi connectivity index (χ0n) is 15.2. The Morgan fingerprint density at radius 3 is 2.34 bits per heavy atom. The van der Waals surface area contributed by atoms with Crippen molar-refractivity contribution in [3.8, 4) is 0 Å². The number of anilines is 1. The fourth-order valence-corrected chi connectivity index (χ4v) is 3.04. The molecule has 1 aromatic heterocycles. The number of hydrogen-bond donors (Lipinski definition) is 0. The van der Waals surface area contributed by atoms with E-state index in [-0.39, 0.29) is 43.1 Å². The first-order chi connectivity index (χ1) is 13.6. The Morgan fingerprint density at radius 1 is 1.14 bits per heavy atom. The summed E-state index contributed by atoms with van der Waals surface area (Å²) in [7, 11) is 1.42. The van der Waals surface area contributed by atoms with Crippen molar-refractivity contribution in [3.63, 3.8) is 0 Å². The first-order valence-corrected chi connectivity index (χ1v) is 8.52. The lowest BCUT2D eigenvalue weighted by atomic mass is 10.1. The molecule has 1 aliphatic heterocycles. The Hall–Kier alpha value is -3.44. The second kappa shape index (κ2) is 7.53. The number of halogens is 3. The molecular weight excluding hydrogens is 395 g/mol. The number of carbonyl (C=O) groups is 1. The monoisotopic (exact) mass is 411 g/mol. The van der Waals surface area contributed by atoms with E-state index in [4.69, 9.17) is 0 Å². The van der Waals surface area contributed by atoms with Gasteiger partial charge in [-0.2, -0.15) is 18.3 Å². The maximum atomic E-state index is 12.9. The Kier molecular flexibility index (Phi) is 5.27. The van der Waals surface area contributed by atoms with E-state index >= 15 is 0 Å². The van der Waals surface area contributed by atoms with Gasteiger partial charge in [0.25, 0.3) is 17.2 Å². The minimum Gasteiger partial charge on any atom is -0.362 e. The number of benzene rings is 1. The molecule has 0 radical (unpaired) electrons. The van der Waals surface area contributed by atoms with Crippen LogP contribution in [0, 0.1) is 10.1 Å². The van der Waals surface area contributed by atoms with E-state index in [1.807, 2.05) is 0 Å². The molecule has 0 aliphatic carbocycles. The molecule has 1 fully saturated rings. The van der Waals surface area contributed by atoms with Crippen LogP contribution in [0.1, 0.15) is 16.1 Å². The van der Waals surface area contributed by atoms with E-state index in [9.17, 15) is 32.9 Å². The van der Waals surface area contributed by atoms with Gasteiger partial charge in [0.2, 0.25) is 0 Å². The summed E-state index contributed by atoms with van der Waals surface area (Å²) in [4.78, 5) is 37.4. The number of rotatable bonds is 3. The van der Waals surface area contributed by atoms with Gasteiger partial charge in [-0.25, -0.2) is 4.68 Å². The zero-order chi connectivity index (χ0) is 21.3. The molecule has 9 nitrogen and oxygen atoms in total. The first-order valence-electron chi connectivity index (χ1n) is 8.52. The Bertz CT molecular complexity index is 1010. The highest BCUT2D eigenvalue weighted by Gasteiger charge is 2.34. The quantitative estimate of drug-likeness (QED) is 0.563. The molecule has 0 atom stereocenters. The van der Waals surface area contributed by atoms with E-state index in [2.05, 4.69) is 5.10 Å². The number of aromatic nitrogens is 2. The Morgan fingerprint density at radius 2 is 1.79 bits per heavy atom. The molecule has 0 unspecified atom stereocenters. The van der Waals surface area contributed by atoms with Gasteiger partial charge in [-0.3, -0.25) is 19.7 Å². The molecular formula is C17H16F3N5O4. The van der Waals surface area contributed by atoms with Crippen LogP contribution in [0.4, 0.5) is 24.5 Å². The highest BCUT2D eigenvalue weighted by Crippen LogP contribution is 2.36. The van der Waals surface area contributed by atoms with Crippen molar-refractivity contribution in [2.75, 3.05) is 31.1 Å². The van der Waals surface area contributed by atoms with Gasteiger partial charge in [0.05, 0.1) is 10.5 Å². The third-order valence-electron chi connectivity index (χ3n) is 4.59. The number of aryl methyl sites for hydroxylation is 1. The predicted molar refractivity (Wildman–Crippen MR) is 95.7 cm³/mol. The smallest absolute Gasteiger partial charge is 0.362 e. The molecule has 154 valence electrons. The number of nitro benzene ring substituents is 1. The van der Waals surface area contributed by atoms with Crippen LogP contribution in [0.15, 0.2) is 35.1 Å². The van der Waals surface area contributed by atoms with Gasteiger partial charge in [0, 0.05) is 45.4 Å². The van der Waals surface area contributed by atoms with Crippen molar-refractivity contribution in [1.29, 1.82) is 0 Å². The molecule has 3 rings (SSSR count). The first kappa shape index (κ1) is 20.3. The standard InChI is InChI=1S/C17H16F3N5O4/c1-22-15(26)5-3-12(21-22)16(27)24-8-6-23(7-9-24)13-4-2-11(17(18,19)20)10-14(13)25(28)29/h2-5,10H,6-9H2,1H3. The van der Waals surface area contributed by atoms with Crippen LogP contribution in [-0.2, 0) is 13.2 Å². The molecule has 0 bridgehead atoms. The van der Waals surface area contributed by atoms with Gasteiger partial charge >= 0.3 is 6.18 Å². The average Bonchev–Trinajstić information content (AvgIpc) is 2.68. The lowest BCUT2D eigenvalue weighted by molar-refractivity contribution is -0.384. The van der Waals surface area contributed by atoms with Crippen molar-refractivity contribution >= 4 is 17.3 Å². The molecule has 0 saturated carbocycles. The van der Waals surface area contributed by atoms with Gasteiger partial charge in [-0.05, 0) is 18.2 Å². The van der Waals surface area contributed by atoms with Crippen molar-refractivity contribution in [1.82, 2.24) is 14.7 Å². The summed E-state index contributed by atoms with van der Waals surface area (Å²) >= 11 is 0. The molecule has 2 heterocycles. The molecule has 12 heteroatoms. The van der Waals surface area contributed by atoms with Gasteiger partial charge < -0.3 is 9.80 Å². The van der Waals surface area contributed by atoms with E-state index < -0.39 is 28.3 Å². The molecule has 1 amide bonds. The summed E-state index contributed by atoms with van der Waals surface area (Å²) in [6.45, 7) is 0.788. The number of carbonyl (C=O) groups excluding carboxylic acids is 1. The maximum absolute atomic E-state index is 12.9. The van der Waals surface area contributed by atoms with Crippen LogP contribution in [0.25, 0.3) is 0 Å². The number of hydrogen-bond acceptors (Lipinski definition) is 6. The summed E-state index contributed by atoms with van der Waals surface area (Å²) in [5.74, 6) is -0.401. The van der Waals surface area contributed by atoms with Crippen molar-refractivity contribution in [2.45, 2.75) is 6.18 Å². The molecule has 0 spiro atoms. The normalized spacial score (nSPS) is 14.8. The van der Waals surface area contributed by atoms with Gasteiger partial charge in [0.1, 0.15) is 11.4 Å². The minimum atomic E-state index is -4.68. The second-order valence-corrected chi connectivity index (χ2v) is 6.42. The third-order valence-corrected chi connectivity index (χ3v) is 4.59. The molecule has 0 N–H and O–H groups in total. The van der Waals surface area contributed by atoms with Crippen molar-refractivity contribution in [3.05, 3.63) is 62.1 Å². The summed E-state index contributed by atoms with van der Waals surface area (Å²) in [5.41, 5.74) is -1.95. The lowest BCUT2D eigenvalue weighted by Crippen LogP contribution is -2.49. The lowest BCUT2D eigenvalue weighted by Gasteiger charge is -2.35. The molecule has 2 aromatic rings. The second-order valence-electron chi connectivity index (χ2n) is 6.42. The van der Waals surface area contributed by atoms with Crippen LogP contribution >= 0.6 is 0 Å². The number of piperazine rings is 1. The van der Waals surface area contributed by atoms with E-state index in [0.29, 0.717) is 6.07 Å². The number of amides is 1. The molecule has 1 aromatic carbocycles. The van der Waals surface area contributed by atoms with Gasteiger partial charge in [0.15, 0.2) is 0 Å². The van der Waals surface area contributed by atoms with E-state index in [1.54, 1.807) is 4.90 Å². The SMILES string of the molecule is Cn1nc(C(=O)N2CCN(c3ccc(C(F)(F)F)cc3[N+](=O)[O-])CC2)ccc1=O. The van der Waals surface area contributed by atoms with Crippen molar-refractivity contribution < 1.29 is 22.9 Å². The van der Waals surface area contributed by atoms with Crippen LogP contribution in [-0.4, -0.2) is 51.7 Å². The minimum absolute atomic E-state index is 0.0651. The van der Waals surface area contributed by atoms with E-state index in [1.165, 1.54) is 24.1 Å². The fraction of sp³-hybridized carbons (Fsp3) is 0.353. The van der Waals surface area contributed by atoms with Gasteiger partial charge in [-0.15, -0.1) is 0 Å². The van der Waals surface area contributed by atoms with Crippen LogP contribution in [0.5, 0.6) is 0 Å². The van der Waals surface area contributed by atoms with Crippen molar-refractivity contribution in [2.24, 2.45) is 7.05 Å². The molecule has 29 heavy (non-hydrogen) atoms. The molecule has 1 aliphatic rings. The Balaban J connectivity index is 1.76. The zero-order valence-corrected chi connectivity index (χ0v) is 15.2. The summed E-state index contributed by atoms with van der Waals surface area (Å²) in [6.07, 6.45) is -4.68. The van der Waals surface area contributed by atoms with Crippen LogP contribution < -0.4 is 10.5 Å². The summed E-state index contributed by atoms with van der Waals surface area (Å²) in [5, 5.41) is 15.2. The largest absolute Gasteiger partial charge is 0.416 e.